The van der Waals surface area contributed by atoms with E-state index in [0.29, 0.717) is 17.9 Å². The minimum Gasteiger partial charge on any atom is -0.490 e. The Morgan fingerprint density at radius 2 is 1.11 bits per heavy atom. The quantitative estimate of drug-likeness (QED) is 0.0608. The Morgan fingerprint density at radius 3 is 1.63 bits per heavy atom. The number of hydrogen-bond donors (Lipinski definition) is 0. The highest BCUT2D eigenvalue weighted by Crippen LogP contribution is 2.63. The molecule has 10 rings (SSSR count). The van der Waals surface area contributed by atoms with E-state index in [9.17, 15) is 9.59 Å². The van der Waals surface area contributed by atoms with E-state index in [4.69, 9.17) is 28.4 Å². The molecular weight excluding hydrogens is 789 g/mol. The minimum atomic E-state index is -1.04. The lowest BCUT2D eigenvalue weighted by atomic mass is 9.53. The van der Waals surface area contributed by atoms with E-state index < -0.39 is 28.5 Å². The van der Waals surface area contributed by atoms with Gasteiger partial charge in [0, 0.05) is 26.7 Å². The maximum atomic E-state index is 14.3. The normalized spacial score (nSPS) is 19.8. The van der Waals surface area contributed by atoms with Crippen LogP contribution in [-0.4, -0.2) is 52.6 Å². The van der Waals surface area contributed by atoms with Gasteiger partial charge < -0.3 is 28.4 Å². The molecule has 4 aliphatic rings. The van der Waals surface area contributed by atoms with E-state index in [-0.39, 0.29) is 37.8 Å². The molecule has 0 saturated carbocycles. The average molecular weight is 841 g/mol. The van der Waals surface area contributed by atoms with Gasteiger partial charge in [0.05, 0.1) is 11.3 Å². The Kier molecular flexibility index (Phi) is 10.8. The SMILES string of the molecule is C=CC(=O)OCCOc1ccc(C2(c3ccc(OCCOC(=O)C4CC5(OC)c6ccccc6C4(OC)c4ccc(C(C)(C)C)cc45)cc3)c3ccccc3-c3ccccc32)cc1. The second-order valence-corrected chi connectivity index (χ2v) is 17.4. The van der Waals surface area contributed by atoms with Gasteiger partial charge >= 0.3 is 11.9 Å². The summed E-state index contributed by atoms with van der Waals surface area (Å²) in [6, 6.07) is 48.0. The Balaban J connectivity index is 0.947. The van der Waals surface area contributed by atoms with E-state index in [0.717, 1.165) is 39.5 Å². The van der Waals surface area contributed by atoms with Crippen LogP contribution in [0.4, 0.5) is 0 Å². The lowest BCUT2D eigenvalue weighted by Crippen LogP contribution is -2.58. The summed E-state index contributed by atoms with van der Waals surface area (Å²) < 4.78 is 36.3. The molecule has 0 spiro atoms. The Hall–Kier alpha value is -6.48. The highest BCUT2D eigenvalue weighted by atomic mass is 16.6. The number of benzene rings is 6. The van der Waals surface area contributed by atoms with Crippen LogP contribution in [0.5, 0.6) is 11.5 Å². The molecule has 0 N–H and O–H groups in total. The van der Waals surface area contributed by atoms with Crippen molar-refractivity contribution in [2.45, 2.75) is 49.2 Å². The summed E-state index contributed by atoms with van der Waals surface area (Å²) in [5.41, 5.74) is 9.37. The summed E-state index contributed by atoms with van der Waals surface area (Å²) in [5, 5.41) is 0. The molecule has 0 saturated heterocycles. The van der Waals surface area contributed by atoms with Crippen molar-refractivity contribution < 1.29 is 38.0 Å². The van der Waals surface area contributed by atoms with Crippen molar-refractivity contribution in [1.29, 1.82) is 0 Å². The number of esters is 2. The molecule has 8 nitrogen and oxygen atoms in total. The molecule has 6 aromatic rings. The standard InChI is InChI=1S/C55H52O8/c1-7-50(56)62-32-30-60-39-25-20-36(21-26-39)54(43-16-10-8-14-41(43)42-15-9-11-17-44(42)54)37-22-27-40(28-23-37)61-31-33-63-51(57)49-35-53(58-5)45-18-12-13-19-46(45)55(49,59-6)47-29-24-38(34-48(47)53)52(2,3)4/h7-29,34,49H,1,30-33,35H2,2-6H3. The largest absolute Gasteiger partial charge is 0.490 e. The molecule has 4 aliphatic carbocycles. The summed E-state index contributed by atoms with van der Waals surface area (Å²) in [4.78, 5) is 25.8. The summed E-state index contributed by atoms with van der Waals surface area (Å²) in [6.45, 7) is 10.6. The summed E-state index contributed by atoms with van der Waals surface area (Å²) >= 11 is 0. The first-order chi connectivity index (χ1) is 30.5. The number of carbonyl (C=O) groups is 2. The number of carbonyl (C=O) groups excluding carboxylic acids is 2. The molecule has 8 heteroatoms. The first kappa shape index (κ1) is 41.9. The molecular formula is C55H52O8. The van der Waals surface area contributed by atoms with Crippen LogP contribution < -0.4 is 9.47 Å². The Morgan fingerprint density at radius 1 is 0.603 bits per heavy atom. The van der Waals surface area contributed by atoms with Gasteiger partial charge in [0.25, 0.3) is 0 Å². The minimum absolute atomic E-state index is 0.0596. The molecule has 0 aromatic heterocycles. The third-order valence-corrected chi connectivity index (χ3v) is 13.3. The zero-order chi connectivity index (χ0) is 44.0. The van der Waals surface area contributed by atoms with Gasteiger partial charge in [0.2, 0.25) is 0 Å². The van der Waals surface area contributed by atoms with E-state index in [1.165, 1.54) is 27.8 Å². The van der Waals surface area contributed by atoms with E-state index >= 15 is 0 Å². The van der Waals surface area contributed by atoms with Crippen molar-refractivity contribution in [3.8, 4) is 22.6 Å². The molecule has 3 unspecified atom stereocenters. The predicted octanol–water partition coefficient (Wildman–Crippen LogP) is 10.2. The van der Waals surface area contributed by atoms with Gasteiger partial charge in [0.1, 0.15) is 49.1 Å². The van der Waals surface area contributed by atoms with Crippen LogP contribution in [-0.2, 0) is 50.6 Å². The van der Waals surface area contributed by atoms with Crippen molar-refractivity contribution in [1.82, 2.24) is 0 Å². The van der Waals surface area contributed by atoms with Crippen LogP contribution in [0.25, 0.3) is 11.1 Å². The van der Waals surface area contributed by atoms with Gasteiger partial charge in [-0.25, -0.2) is 4.79 Å². The van der Waals surface area contributed by atoms with Crippen LogP contribution >= 0.6 is 0 Å². The summed E-state index contributed by atoms with van der Waals surface area (Å²) in [7, 11) is 3.41. The molecule has 3 atom stereocenters. The number of fused-ring (bicyclic) bond motifs is 4. The van der Waals surface area contributed by atoms with Gasteiger partial charge in [-0.1, -0.05) is 143 Å². The van der Waals surface area contributed by atoms with E-state index in [1.54, 1.807) is 14.2 Å². The van der Waals surface area contributed by atoms with Gasteiger partial charge in [-0.05, 0) is 90.9 Å². The van der Waals surface area contributed by atoms with Crippen LogP contribution in [0.1, 0.15) is 77.3 Å². The fraction of sp³-hybridized carbons (Fsp3) is 0.273. The first-order valence-corrected chi connectivity index (χ1v) is 21.5. The van der Waals surface area contributed by atoms with Crippen molar-refractivity contribution in [3.05, 3.63) is 202 Å². The molecule has 6 aromatic carbocycles. The van der Waals surface area contributed by atoms with Crippen molar-refractivity contribution >= 4 is 11.9 Å². The van der Waals surface area contributed by atoms with Crippen molar-refractivity contribution in [3.63, 3.8) is 0 Å². The maximum Gasteiger partial charge on any atom is 0.330 e. The van der Waals surface area contributed by atoms with Gasteiger partial charge in [-0.2, -0.15) is 0 Å². The summed E-state index contributed by atoms with van der Waals surface area (Å²) in [6.07, 6.45) is 1.52. The molecule has 0 radical (unpaired) electrons. The molecule has 63 heavy (non-hydrogen) atoms. The predicted molar refractivity (Wildman–Crippen MR) is 242 cm³/mol. The van der Waals surface area contributed by atoms with Gasteiger partial charge in [0.15, 0.2) is 0 Å². The van der Waals surface area contributed by atoms with Crippen LogP contribution in [0.15, 0.2) is 152 Å². The Labute approximate surface area is 369 Å². The molecule has 2 bridgehead atoms. The van der Waals surface area contributed by atoms with Crippen molar-refractivity contribution in [2.24, 2.45) is 5.92 Å². The third kappa shape index (κ3) is 6.66. The zero-order valence-corrected chi connectivity index (χ0v) is 36.4. The molecule has 0 fully saturated rings. The lowest BCUT2D eigenvalue weighted by Gasteiger charge is -2.57. The van der Waals surface area contributed by atoms with Gasteiger partial charge in [-0.15, -0.1) is 0 Å². The zero-order valence-electron chi connectivity index (χ0n) is 36.4. The average Bonchev–Trinajstić information content (AvgIpc) is 3.62. The van der Waals surface area contributed by atoms with Crippen molar-refractivity contribution in [2.75, 3.05) is 40.6 Å². The second-order valence-electron chi connectivity index (χ2n) is 17.4. The second kappa shape index (κ2) is 16.3. The number of ether oxygens (including phenoxy) is 6. The number of rotatable bonds is 14. The number of hydrogen-bond acceptors (Lipinski definition) is 8. The Bertz CT molecular complexity index is 2650. The topological polar surface area (TPSA) is 89.5 Å². The third-order valence-electron chi connectivity index (χ3n) is 13.3. The number of methoxy groups -OCH3 is 2. The van der Waals surface area contributed by atoms with E-state index in [1.807, 2.05) is 42.5 Å². The molecule has 0 heterocycles. The lowest BCUT2D eigenvalue weighted by molar-refractivity contribution is -0.173. The van der Waals surface area contributed by atoms with E-state index in [2.05, 4.69) is 124 Å². The highest BCUT2D eigenvalue weighted by molar-refractivity contribution is 5.86. The smallest absolute Gasteiger partial charge is 0.330 e. The fourth-order valence-corrected chi connectivity index (χ4v) is 10.4. The van der Waals surface area contributed by atoms with Crippen LogP contribution in [0.3, 0.4) is 0 Å². The van der Waals surface area contributed by atoms with Crippen LogP contribution in [0, 0.1) is 5.92 Å². The van der Waals surface area contributed by atoms with Crippen LogP contribution in [0.2, 0.25) is 0 Å². The molecule has 0 amide bonds. The fourth-order valence-electron chi connectivity index (χ4n) is 10.4. The monoisotopic (exact) mass is 840 g/mol. The molecule has 320 valence electrons. The maximum absolute atomic E-state index is 14.3. The molecule has 0 aliphatic heterocycles. The first-order valence-electron chi connectivity index (χ1n) is 21.5. The highest BCUT2D eigenvalue weighted by Gasteiger charge is 2.64. The summed E-state index contributed by atoms with van der Waals surface area (Å²) in [5.74, 6) is -0.161. The van der Waals surface area contributed by atoms with Gasteiger partial charge in [-0.3, -0.25) is 4.79 Å².